The fourth-order valence-electron chi connectivity index (χ4n) is 1.06. The molecule has 1 saturated heterocycles. The van der Waals surface area contributed by atoms with Crippen LogP contribution in [0.15, 0.2) is 12.3 Å². The summed E-state index contributed by atoms with van der Waals surface area (Å²) in [5.74, 6) is 0.573. The third-order valence-corrected chi connectivity index (χ3v) is 1.82. The Morgan fingerprint density at radius 2 is 2.33 bits per heavy atom. The number of hydrogen-bond donors (Lipinski definition) is 0. The molecule has 50 valence electrons. The van der Waals surface area contributed by atoms with E-state index in [1.807, 2.05) is 6.92 Å². The van der Waals surface area contributed by atoms with Crippen LogP contribution < -0.4 is 0 Å². The van der Waals surface area contributed by atoms with Crippen LogP contribution in [0.25, 0.3) is 0 Å². The average Bonchev–Trinajstić information content (AvgIpc) is 2.42. The van der Waals surface area contributed by atoms with Crippen LogP contribution >= 0.6 is 0 Å². The van der Waals surface area contributed by atoms with Crippen molar-refractivity contribution >= 4 is 0 Å². The van der Waals surface area contributed by atoms with Crippen LogP contribution in [0.3, 0.4) is 0 Å². The van der Waals surface area contributed by atoms with Crippen molar-refractivity contribution in [2.75, 3.05) is 0 Å². The zero-order valence-electron chi connectivity index (χ0n) is 5.52. The molecule has 2 rings (SSSR count). The summed E-state index contributed by atoms with van der Waals surface area (Å²) in [7, 11) is 0. The van der Waals surface area contributed by atoms with Gasteiger partial charge in [-0.05, 0) is 6.92 Å². The minimum atomic E-state index is -0.212. The highest BCUT2D eigenvalue weighted by Crippen LogP contribution is 2.48. The molecule has 0 N–H and O–H groups in total. The van der Waals surface area contributed by atoms with Crippen molar-refractivity contribution in [3.63, 3.8) is 0 Å². The number of rotatable bonds is 0. The highest BCUT2D eigenvalue weighted by molar-refractivity contribution is 5.05. The standard InChI is InChI=1S/C7H10O2/c1-5-6(2)9-7(8-5)3-4-7/h6H,1,3-4H2,2H3. The molecule has 1 unspecified atom stereocenters. The van der Waals surface area contributed by atoms with Crippen molar-refractivity contribution in [1.29, 1.82) is 0 Å². The molecule has 2 fully saturated rings. The fraction of sp³-hybridized carbons (Fsp3) is 0.714. The summed E-state index contributed by atoms with van der Waals surface area (Å²) < 4.78 is 10.8. The molecule has 0 aromatic rings. The van der Waals surface area contributed by atoms with Gasteiger partial charge in [-0.1, -0.05) is 6.58 Å². The maximum absolute atomic E-state index is 5.45. The molecule has 1 heterocycles. The van der Waals surface area contributed by atoms with E-state index >= 15 is 0 Å². The van der Waals surface area contributed by atoms with Gasteiger partial charge in [-0.2, -0.15) is 0 Å². The van der Waals surface area contributed by atoms with E-state index < -0.39 is 0 Å². The van der Waals surface area contributed by atoms with E-state index in [0.29, 0.717) is 0 Å². The molecule has 1 aliphatic heterocycles. The van der Waals surface area contributed by atoms with Gasteiger partial charge in [0.1, 0.15) is 11.9 Å². The van der Waals surface area contributed by atoms with Crippen molar-refractivity contribution in [3.05, 3.63) is 12.3 Å². The van der Waals surface area contributed by atoms with Gasteiger partial charge in [0.05, 0.1) is 0 Å². The molecule has 9 heavy (non-hydrogen) atoms. The van der Waals surface area contributed by atoms with Gasteiger partial charge in [-0.3, -0.25) is 0 Å². The van der Waals surface area contributed by atoms with Crippen molar-refractivity contribution in [2.24, 2.45) is 0 Å². The molecule has 1 spiro atoms. The molecule has 0 bridgehead atoms. The van der Waals surface area contributed by atoms with Crippen molar-refractivity contribution in [1.82, 2.24) is 0 Å². The Labute approximate surface area is 54.5 Å². The maximum Gasteiger partial charge on any atom is 0.211 e. The molecule has 2 heteroatoms. The van der Waals surface area contributed by atoms with Gasteiger partial charge in [0, 0.05) is 12.8 Å². The Morgan fingerprint density at radius 1 is 1.67 bits per heavy atom. The zero-order chi connectivity index (χ0) is 6.48. The molecule has 1 atom stereocenters. The Morgan fingerprint density at radius 3 is 2.56 bits per heavy atom. The Bertz CT molecular complexity index is 158. The second-order valence-electron chi connectivity index (χ2n) is 2.74. The van der Waals surface area contributed by atoms with Gasteiger partial charge < -0.3 is 9.47 Å². The highest BCUT2D eigenvalue weighted by atomic mass is 16.8. The lowest BCUT2D eigenvalue weighted by Gasteiger charge is -2.03. The SMILES string of the molecule is C=C1OC2(CC2)OC1C. The molecule has 0 aromatic carbocycles. The van der Waals surface area contributed by atoms with Crippen molar-refractivity contribution in [3.8, 4) is 0 Å². The minimum absolute atomic E-state index is 0.104. The van der Waals surface area contributed by atoms with Crippen LogP contribution in [0, 0.1) is 0 Å². The van der Waals surface area contributed by atoms with Crippen LogP contribution in [-0.2, 0) is 9.47 Å². The third-order valence-electron chi connectivity index (χ3n) is 1.82. The second kappa shape index (κ2) is 1.32. The van der Waals surface area contributed by atoms with Gasteiger partial charge >= 0.3 is 0 Å². The first-order valence-electron chi connectivity index (χ1n) is 3.27. The van der Waals surface area contributed by atoms with Gasteiger partial charge in [0.2, 0.25) is 5.79 Å². The van der Waals surface area contributed by atoms with Crippen molar-refractivity contribution < 1.29 is 9.47 Å². The lowest BCUT2D eigenvalue weighted by atomic mass is 10.4. The van der Waals surface area contributed by atoms with Crippen LogP contribution in [-0.4, -0.2) is 11.9 Å². The fourth-order valence-corrected chi connectivity index (χ4v) is 1.06. The van der Waals surface area contributed by atoms with Gasteiger partial charge in [-0.25, -0.2) is 0 Å². The molecule has 1 saturated carbocycles. The largest absolute Gasteiger partial charge is 0.465 e. The van der Waals surface area contributed by atoms with E-state index in [2.05, 4.69) is 6.58 Å². The summed E-state index contributed by atoms with van der Waals surface area (Å²) in [6, 6.07) is 0. The summed E-state index contributed by atoms with van der Waals surface area (Å²) >= 11 is 0. The molecule has 0 radical (unpaired) electrons. The van der Waals surface area contributed by atoms with Gasteiger partial charge in [0.15, 0.2) is 0 Å². The predicted octanol–water partition coefficient (Wildman–Crippen LogP) is 1.43. The first-order valence-corrected chi connectivity index (χ1v) is 3.27. The van der Waals surface area contributed by atoms with Crippen LogP contribution in [0.1, 0.15) is 19.8 Å². The van der Waals surface area contributed by atoms with E-state index in [1.165, 1.54) is 0 Å². The molecule has 2 aliphatic rings. The summed E-state index contributed by atoms with van der Waals surface area (Å²) in [6.07, 6.45) is 2.18. The second-order valence-corrected chi connectivity index (χ2v) is 2.74. The topological polar surface area (TPSA) is 18.5 Å². The third kappa shape index (κ3) is 0.663. The van der Waals surface area contributed by atoms with E-state index in [1.54, 1.807) is 0 Å². The Hall–Kier alpha value is -0.500. The molecular weight excluding hydrogens is 116 g/mol. The van der Waals surface area contributed by atoms with E-state index in [4.69, 9.17) is 9.47 Å². The molecule has 0 aromatic heterocycles. The predicted molar refractivity (Wildman–Crippen MR) is 32.7 cm³/mol. The summed E-state index contributed by atoms with van der Waals surface area (Å²) in [4.78, 5) is 0. The number of hydrogen-bond acceptors (Lipinski definition) is 2. The highest BCUT2D eigenvalue weighted by Gasteiger charge is 2.53. The maximum atomic E-state index is 5.45. The van der Waals surface area contributed by atoms with Gasteiger partial charge in [0.25, 0.3) is 0 Å². The number of ether oxygens (including phenoxy) is 2. The lowest BCUT2D eigenvalue weighted by Crippen LogP contribution is -2.08. The quantitative estimate of drug-likeness (QED) is 0.488. The lowest BCUT2D eigenvalue weighted by molar-refractivity contribution is -0.0746. The molecule has 1 aliphatic carbocycles. The van der Waals surface area contributed by atoms with Crippen molar-refractivity contribution in [2.45, 2.75) is 31.7 Å². The van der Waals surface area contributed by atoms with Crippen LogP contribution in [0.2, 0.25) is 0 Å². The molecular formula is C7H10O2. The summed E-state index contributed by atoms with van der Waals surface area (Å²) in [5, 5.41) is 0. The Balaban J connectivity index is 2.14. The smallest absolute Gasteiger partial charge is 0.211 e. The minimum Gasteiger partial charge on any atom is -0.465 e. The van der Waals surface area contributed by atoms with E-state index in [-0.39, 0.29) is 11.9 Å². The first kappa shape index (κ1) is 5.30. The zero-order valence-corrected chi connectivity index (χ0v) is 5.52. The molecule has 2 nitrogen and oxygen atoms in total. The Kier molecular flexibility index (Phi) is 0.776. The molecule has 0 amide bonds. The van der Waals surface area contributed by atoms with Gasteiger partial charge in [-0.15, -0.1) is 0 Å². The monoisotopic (exact) mass is 126 g/mol. The summed E-state index contributed by atoms with van der Waals surface area (Å²) in [5.41, 5.74) is 0. The average molecular weight is 126 g/mol. The van der Waals surface area contributed by atoms with Crippen LogP contribution in [0.5, 0.6) is 0 Å². The van der Waals surface area contributed by atoms with Crippen LogP contribution in [0.4, 0.5) is 0 Å². The van der Waals surface area contributed by atoms with E-state index in [9.17, 15) is 0 Å². The first-order chi connectivity index (χ1) is 4.22. The normalized spacial score (nSPS) is 37.0. The summed E-state index contributed by atoms with van der Waals surface area (Å²) in [6.45, 7) is 5.69. The van der Waals surface area contributed by atoms with E-state index in [0.717, 1.165) is 18.6 Å².